The van der Waals surface area contributed by atoms with Gasteiger partial charge in [-0.2, -0.15) is 0 Å². The predicted molar refractivity (Wildman–Crippen MR) is 84.3 cm³/mol. The lowest BCUT2D eigenvalue weighted by molar-refractivity contribution is -0.385. The van der Waals surface area contributed by atoms with Crippen molar-refractivity contribution in [1.29, 1.82) is 0 Å². The second-order valence-electron chi connectivity index (χ2n) is 7.14. The molecule has 3 fully saturated rings. The van der Waals surface area contributed by atoms with Crippen molar-refractivity contribution in [3.8, 4) is 0 Å². The van der Waals surface area contributed by atoms with Crippen molar-refractivity contribution in [2.24, 2.45) is 23.7 Å². The van der Waals surface area contributed by atoms with E-state index in [1.165, 1.54) is 37.5 Å². The summed E-state index contributed by atoms with van der Waals surface area (Å²) < 4.78 is 28.0. The van der Waals surface area contributed by atoms with Gasteiger partial charge in [0.2, 0.25) is 10.0 Å². The van der Waals surface area contributed by atoms with Crippen molar-refractivity contribution in [2.75, 3.05) is 0 Å². The molecule has 0 aromatic heterocycles. The summed E-state index contributed by atoms with van der Waals surface area (Å²) in [5, 5.41) is 10.8. The molecule has 0 heterocycles. The first-order chi connectivity index (χ1) is 11.0. The van der Waals surface area contributed by atoms with Crippen LogP contribution in [0.1, 0.15) is 32.1 Å². The third-order valence-corrected chi connectivity index (χ3v) is 7.56. The summed E-state index contributed by atoms with van der Waals surface area (Å²) in [6, 6.07) is 5.26. The fraction of sp³-hybridized carbons (Fsp3) is 0.625. The largest absolute Gasteiger partial charge is 0.270 e. The summed E-state index contributed by atoms with van der Waals surface area (Å²) in [6.45, 7) is 0. The van der Waals surface area contributed by atoms with Gasteiger partial charge in [0.1, 0.15) is 0 Å². The molecule has 2 bridgehead atoms. The van der Waals surface area contributed by atoms with E-state index >= 15 is 0 Å². The van der Waals surface area contributed by atoms with Crippen LogP contribution >= 0.6 is 0 Å². The van der Waals surface area contributed by atoms with E-state index in [0.717, 1.165) is 24.8 Å². The molecule has 4 rings (SSSR count). The Morgan fingerprint density at radius 1 is 1.13 bits per heavy atom. The van der Waals surface area contributed by atoms with E-state index in [0.29, 0.717) is 17.8 Å². The molecule has 3 aliphatic rings. The molecule has 7 heteroatoms. The number of nitrogens with one attached hydrogen (secondary N) is 1. The Labute approximate surface area is 135 Å². The quantitative estimate of drug-likeness (QED) is 0.676. The van der Waals surface area contributed by atoms with Crippen LogP contribution in [-0.2, 0) is 10.0 Å². The van der Waals surface area contributed by atoms with Crippen molar-refractivity contribution in [3.05, 3.63) is 34.4 Å². The highest BCUT2D eigenvalue weighted by molar-refractivity contribution is 7.89. The Morgan fingerprint density at radius 3 is 2.70 bits per heavy atom. The van der Waals surface area contributed by atoms with Gasteiger partial charge in [0.25, 0.3) is 5.69 Å². The summed E-state index contributed by atoms with van der Waals surface area (Å²) in [7, 11) is -3.71. The Balaban J connectivity index is 1.54. The highest BCUT2D eigenvalue weighted by Crippen LogP contribution is 2.58. The lowest BCUT2D eigenvalue weighted by Gasteiger charge is -2.31. The topological polar surface area (TPSA) is 89.3 Å². The van der Waals surface area contributed by atoms with Crippen LogP contribution in [0.15, 0.2) is 29.2 Å². The second kappa shape index (κ2) is 5.27. The summed E-state index contributed by atoms with van der Waals surface area (Å²) in [5.74, 6) is 2.58. The van der Waals surface area contributed by atoms with Crippen molar-refractivity contribution in [2.45, 2.75) is 43.0 Å². The summed E-state index contributed by atoms with van der Waals surface area (Å²) in [6.07, 6.45) is 5.85. The minimum absolute atomic E-state index is 0.0105. The van der Waals surface area contributed by atoms with E-state index in [1.807, 2.05) is 0 Å². The van der Waals surface area contributed by atoms with Gasteiger partial charge in [0.15, 0.2) is 0 Å². The van der Waals surface area contributed by atoms with Crippen molar-refractivity contribution in [1.82, 2.24) is 4.72 Å². The maximum Gasteiger partial charge on any atom is 0.270 e. The van der Waals surface area contributed by atoms with Crippen LogP contribution in [-0.4, -0.2) is 19.4 Å². The summed E-state index contributed by atoms with van der Waals surface area (Å²) in [4.78, 5) is 10.3. The van der Waals surface area contributed by atoms with Crippen molar-refractivity contribution < 1.29 is 13.3 Å². The Hall–Kier alpha value is -1.47. The van der Waals surface area contributed by atoms with Crippen LogP contribution in [0.3, 0.4) is 0 Å². The van der Waals surface area contributed by atoms with Gasteiger partial charge in [-0.05, 0) is 55.4 Å². The van der Waals surface area contributed by atoms with Gasteiger partial charge >= 0.3 is 0 Å². The van der Waals surface area contributed by atoms with E-state index in [4.69, 9.17) is 0 Å². The van der Waals surface area contributed by atoms with E-state index in [2.05, 4.69) is 4.72 Å². The molecule has 1 N–H and O–H groups in total. The van der Waals surface area contributed by atoms with Gasteiger partial charge in [-0.1, -0.05) is 12.5 Å². The normalized spacial score (nSPS) is 35.4. The van der Waals surface area contributed by atoms with Crippen LogP contribution in [0.2, 0.25) is 0 Å². The maximum absolute atomic E-state index is 12.6. The monoisotopic (exact) mass is 336 g/mol. The molecule has 23 heavy (non-hydrogen) atoms. The number of sulfonamides is 1. The molecule has 0 radical (unpaired) electrons. The van der Waals surface area contributed by atoms with Gasteiger partial charge in [-0.3, -0.25) is 10.1 Å². The average molecular weight is 336 g/mol. The predicted octanol–water partition coefficient (Wildman–Crippen LogP) is 2.70. The number of non-ortho nitro benzene ring substituents is 1. The van der Waals surface area contributed by atoms with Crippen LogP contribution < -0.4 is 4.72 Å². The zero-order valence-electron chi connectivity index (χ0n) is 12.7. The number of nitro groups is 1. The molecule has 1 aromatic carbocycles. The molecule has 0 amide bonds. The molecular weight excluding hydrogens is 316 g/mol. The van der Waals surface area contributed by atoms with Gasteiger partial charge in [0.05, 0.1) is 9.82 Å². The molecule has 124 valence electrons. The minimum Gasteiger partial charge on any atom is -0.258 e. The Bertz CT molecular complexity index is 748. The van der Waals surface area contributed by atoms with Crippen LogP contribution in [0, 0.1) is 33.8 Å². The van der Waals surface area contributed by atoms with Gasteiger partial charge in [0, 0.05) is 18.2 Å². The fourth-order valence-electron chi connectivity index (χ4n) is 5.24. The van der Waals surface area contributed by atoms with Crippen molar-refractivity contribution in [3.63, 3.8) is 0 Å². The molecule has 3 saturated carbocycles. The SMILES string of the molecule is O=[N+]([O-])c1cccc(S(=O)(=O)NC2CC3CC2C2CCCC32)c1. The molecule has 0 aliphatic heterocycles. The number of nitrogens with zero attached hydrogens (tertiary/aromatic N) is 1. The summed E-state index contributed by atoms with van der Waals surface area (Å²) in [5.41, 5.74) is -0.198. The molecule has 0 spiro atoms. The molecular formula is C16H20N2O4S. The van der Waals surface area contributed by atoms with E-state index in [-0.39, 0.29) is 16.6 Å². The number of nitro benzene ring substituents is 1. The lowest BCUT2D eigenvalue weighted by Crippen LogP contribution is -2.42. The third-order valence-electron chi connectivity index (χ3n) is 6.07. The van der Waals surface area contributed by atoms with Crippen LogP contribution in [0.25, 0.3) is 0 Å². The first kappa shape index (κ1) is 15.1. The first-order valence-corrected chi connectivity index (χ1v) is 9.71. The minimum atomic E-state index is -3.71. The molecule has 6 nitrogen and oxygen atoms in total. The average Bonchev–Trinajstić information content (AvgIpc) is 3.19. The second-order valence-corrected chi connectivity index (χ2v) is 8.85. The van der Waals surface area contributed by atoms with Crippen LogP contribution in [0.5, 0.6) is 0 Å². The number of fused-ring (bicyclic) bond motifs is 5. The van der Waals surface area contributed by atoms with E-state index < -0.39 is 14.9 Å². The molecule has 5 unspecified atom stereocenters. The molecule has 3 aliphatic carbocycles. The Kier molecular flexibility index (Phi) is 3.46. The Morgan fingerprint density at radius 2 is 1.91 bits per heavy atom. The van der Waals surface area contributed by atoms with Crippen LogP contribution in [0.4, 0.5) is 5.69 Å². The molecule has 1 aromatic rings. The van der Waals surface area contributed by atoms with E-state index in [9.17, 15) is 18.5 Å². The number of benzene rings is 1. The number of rotatable bonds is 4. The standard InChI is InChI=1S/C16H20N2O4S/c19-18(20)11-3-1-4-12(9-11)23(21,22)17-16-8-10-7-15(16)14-6-2-5-13(10)14/h1,3-4,9-10,13-17H,2,5-8H2. The highest BCUT2D eigenvalue weighted by atomic mass is 32.2. The van der Waals surface area contributed by atoms with E-state index in [1.54, 1.807) is 0 Å². The van der Waals surface area contributed by atoms with Gasteiger partial charge in [-0.25, -0.2) is 13.1 Å². The molecule has 5 atom stereocenters. The fourth-order valence-corrected chi connectivity index (χ4v) is 6.57. The highest BCUT2D eigenvalue weighted by Gasteiger charge is 2.54. The maximum atomic E-state index is 12.6. The lowest BCUT2D eigenvalue weighted by atomic mass is 9.79. The first-order valence-electron chi connectivity index (χ1n) is 8.22. The number of hydrogen-bond acceptors (Lipinski definition) is 4. The zero-order chi connectivity index (χ0) is 16.2. The number of hydrogen-bond donors (Lipinski definition) is 1. The van der Waals surface area contributed by atoms with Gasteiger partial charge < -0.3 is 0 Å². The summed E-state index contributed by atoms with van der Waals surface area (Å²) >= 11 is 0. The zero-order valence-corrected chi connectivity index (χ0v) is 13.5. The molecule has 0 saturated heterocycles. The van der Waals surface area contributed by atoms with Gasteiger partial charge in [-0.15, -0.1) is 0 Å². The van der Waals surface area contributed by atoms with Crippen molar-refractivity contribution >= 4 is 15.7 Å². The smallest absolute Gasteiger partial charge is 0.258 e. The third kappa shape index (κ3) is 2.46.